The van der Waals surface area contributed by atoms with Crippen molar-refractivity contribution in [3.05, 3.63) is 29.8 Å². The predicted octanol–water partition coefficient (Wildman–Crippen LogP) is 2.96. The lowest BCUT2D eigenvalue weighted by Crippen LogP contribution is -2.13. The largest absolute Gasteiger partial charge is 0.335 e. The number of nitrogens with two attached hydrogens (primary N) is 1. The van der Waals surface area contributed by atoms with Crippen LogP contribution in [0, 0.1) is 11.3 Å². The summed E-state index contributed by atoms with van der Waals surface area (Å²) in [5.74, 6) is 6.62. The third kappa shape index (κ3) is 3.37. The van der Waals surface area contributed by atoms with Crippen molar-refractivity contribution in [3.8, 4) is 17.5 Å². The smallest absolute Gasteiger partial charge is 0.211 e. The van der Waals surface area contributed by atoms with E-state index < -0.39 is 0 Å². The highest BCUT2D eigenvalue weighted by Gasteiger charge is 2.17. The Kier molecular flexibility index (Phi) is 4.24. The Hall–Kier alpha value is -2.00. The molecule has 2 rings (SSSR count). The van der Waals surface area contributed by atoms with Gasteiger partial charge in [0.05, 0.1) is 11.3 Å². The number of benzene rings is 1. The van der Waals surface area contributed by atoms with E-state index in [4.69, 9.17) is 11.1 Å². The zero-order valence-electron chi connectivity index (χ0n) is 12.7. The summed E-state index contributed by atoms with van der Waals surface area (Å²) in [5.41, 5.74) is 2.27. The van der Waals surface area contributed by atoms with E-state index in [0.29, 0.717) is 11.0 Å². The molecule has 0 radical (unpaired) electrons. The average Bonchev–Trinajstić information content (AvgIpc) is 2.79. The molecule has 0 aliphatic heterocycles. The summed E-state index contributed by atoms with van der Waals surface area (Å²) in [6, 6.07) is 10.3. The maximum atomic E-state index is 8.85. The minimum atomic E-state index is -0.215. The number of hydrogen-bond donors (Lipinski definition) is 1. The van der Waals surface area contributed by atoms with Crippen LogP contribution in [0.3, 0.4) is 0 Å². The minimum absolute atomic E-state index is 0.109. The molecule has 6 heteroatoms. The van der Waals surface area contributed by atoms with Crippen molar-refractivity contribution in [1.82, 2.24) is 14.9 Å². The minimum Gasteiger partial charge on any atom is -0.335 e. The fourth-order valence-electron chi connectivity index (χ4n) is 1.86. The lowest BCUT2D eigenvalue weighted by atomic mass is 9.87. The van der Waals surface area contributed by atoms with Crippen LogP contribution in [0.1, 0.15) is 33.3 Å². The second-order valence-corrected chi connectivity index (χ2v) is 7.20. The van der Waals surface area contributed by atoms with Gasteiger partial charge in [0, 0.05) is 5.56 Å². The molecule has 0 amide bonds. The fraction of sp³-hybridized carbons (Fsp3) is 0.400. The number of rotatable bonds is 3. The van der Waals surface area contributed by atoms with Crippen molar-refractivity contribution in [2.24, 2.45) is 0 Å². The third-order valence-corrected chi connectivity index (χ3v) is 4.09. The Morgan fingerprint density at radius 2 is 1.86 bits per heavy atom. The highest BCUT2D eigenvalue weighted by atomic mass is 32.2. The van der Waals surface area contributed by atoms with Gasteiger partial charge in [-0.1, -0.05) is 56.8 Å². The molecule has 1 heterocycles. The molecule has 2 N–H and O–H groups in total. The Labute approximate surface area is 129 Å². The van der Waals surface area contributed by atoms with Crippen molar-refractivity contribution < 1.29 is 0 Å². The van der Waals surface area contributed by atoms with E-state index in [2.05, 4.69) is 49.2 Å². The van der Waals surface area contributed by atoms with Gasteiger partial charge in [-0.15, -0.1) is 10.2 Å². The molecule has 2 aromatic rings. The van der Waals surface area contributed by atoms with Gasteiger partial charge in [-0.3, -0.25) is 0 Å². The SMILES string of the molecule is C[C@H](C#N)Sc1nnc(-c2ccc(C(C)(C)C)cc2)n1N. The highest BCUT2D eigenvalue weighted by molar-refractivity contribution is 8.00. The van der Waals surface area contributed by atoms with E-state index >= 15 is 0 Å². The molecule has 0 bridgehead atoms. The zero-order chi connectivity index (χ0) is 15.6. The molecule has 21 heavy (non-hydrogen) atoms. The second-order valence-electron chi connectivity index (χ2n) is 5.89. The van der Waals surface area contributed by atoms with Gasteiger partial charge in [0.2, 0.25) is 5.16 Å². The van der Waals surface area contributed by atoms with Gasteiger partial charge < -0.3 is 5.84 Å². The van der Waals surface area contributed by atoms with Gasteiger partial charge in [-0.2, -0.15) is 5.26 Å². The third-order valence-electron chi connectivity index (χ3n) is 3.14. The number of nitriles is 1. The summed E-state index contributed by atoms with van der Waals surface area (Å²) >= 11 is 1.30. The summed E-state index contributed by atoms with van der Waals surface area (Å²) in [4.78, 5) is 0. The van der Waals surface area contributed by atoms with Crippen LogP contribution in [0.15, 0.2) is 29.4 Å². The first kappa shape index (κ1) is 15.4. The molecular formula is C15H19N5S. The van der Waals surface area contributed by atoms with Gasteiger partial charge in [-0.05, 0) is 17.9 Å². The van der Waals surface area contributed by atoms with Crippen molar-refractivity contribution >= 4 is 11.8 Å². The van der Waals surface area contributed by atoms with Crippen molar-refractivity contribution in [3.63, 3.8) is 0 Å². The summed E-state index contributed by atoms with van der Waals surface area (Å²) in [6.45, 7) is 8.32. The molecule has 0 aliphatic rings. The predicted molar refractivity (Wildman–Crippen MR) is 85.2 cm³/mol. The van der Waals surface area contributed by atoms with E-state index in [1.165, 1.54) is 22.0 Å². The lowest BCUT2D eigenvalue weighted by molar-refractivity contribution is 0.590. The van der Waals surface area contributed by atoms with Crippen LogP contribution in [-0.2, 0) is 5.41 Å². The monoisotopic (exact) mass is 301 g/mol. The molecule has 0 aliphatic carbocycles. The van der Waals surface area contributed by atoms with Crippen LogP contribution in [0.2, 0.25) is 0 Å². The van der Waals surface area contributed by atoms with E-state index in [1.54, 1.807) is 6.92 Å². The summed E-state index contributed by atoms with van der Waals surface area (Å²) in [5, 5.41) is 17.3. The van der Waals surface area contributed by atoms with Crippen LogP contribution in [0.4, 0.5) is 0 Å². The molecule has 0 spiro atoms. The summed E-state index contributed by atoms with van der Waals surface area (Å²) < 4.78 is 1.44. The van der Waals surface area contributed by atoms with E-state index in [0.717, 1.165) is 5.56 Å². The molecule has 1 aromatic carbocycles. The topological polar surface area (TPSA) is 80.5 Å². The quantitative estimate of drug-likeness (QED) is 0.696. The molecule has 0 unspecified atom stereocenters. The summed E-state index contributed by atoms with van der Waals surface area (Å²) in [6.07, 6.45) is 0. The Morgan fingerprint density at radius 1 is 1.24 bits per heavy atom. The molecular weight excluding hydrogens is 282 g/mol. The van der Waals surface area contributed by atoms with E-state index in [9.17, 15) is 0 Å². The first-order chi connectivity index (χ1) is 9.82. The van der Waals surface area contributed by atoms with Gasteiger partial charge in [0.15, 0.2) is 5.82 Å². The first-order valence-corrected chi connectivity index (χ1v) is 7.58. The van der Waals surface area contributed by atoms with Crippen molar-refractivity contribution in [1.29, 1.82) is 5.26 Å². The van der Waals surface area contributed by atoms with Crippen LogP contribution in [0.25, 0.3) is 11.4 Å². The van der Waals surface area contributed by atoms with Gasteiger partial charge in [0.1, 0.15) is 0 Å². The maximum absolute atomic E-state index is 8.85. The zero-order valence-corrected chi connectivity index (χ0v) is 13.5. The number of nitrogen functional groups attached to an aromatic ring is 1. The standard InChI is InChI=1S/C15H19N5S/c1-10(9-16)21-14-19-18-13(20(14)17)11-5-7-12(8-6-11)15(2,3)4/h5-8,10H,17H2,1-4H3/t10-/m1/s1. The van der Waals surface area contributed by atoms with Crippen LogP contribution < -0.4 is 5.84 Å². The van der Waals surface area contributed by atoms with E-state index in [-0.39, 0.29) is 10.7 Å². The Balaban J connectivity index is 2.29. The lowest BCUT2D eigenvalue weighted by Gasteiger charge is -2.19. The normalized spacial score (nSPS) is 12.9. The van der Waals surface area contributed by atoms with Gasteiger partial charge in [-0.25, -0.2) is 4.68 Å². The molecule has 0 fully saturated rings. The van der Waals surface area contributed by atoms with Crippen molar-refractivity contribution in [2.45, 2.75) is 43.5 Å². The Bertz CT molecular complexity index is 661. The Morgan fingerprint density at radius 3 is 2.38 bits per heavy atom. The molecule has 110 valence electrons. The van der Waals surface area contributed by atoms with Crippen LogP contribution >= 0.6 is 11.8 Å². The summed E-state index contributed by atoms with van der Waals surface area (Å²) in [7, 11) is 0. The first-order valence-electron chi connectivity index (χ1n) is 6.70. The van der Waals surface area contributed by atoms with Gasteiger partial charge in [0.25, 0.3) is 0 Å². The molecule has 1 atom stereocenters. The number of aromatic nitrogens is 3. The number of thioether (sulfide) groups is 1. The molecule has 0 saturated heterocycles. The van der Waals surface area contributed by atoms with E-state index in [1.807, 2.05) is 12.1 Å². The average molecular weight is 301 g/mol. The second kappa shape index (κ2) is 5.78. The molecule has 5 nitrogen and oxygen atoms in total. The number of nitrogens with zero attached hydrogens (tertiary/aromatic N) is 4. The van der Waals surface area contributed by atoms with Crippen molar-refractivity contribution in [2.75, 3.05) is 5.84 Å². The molecule has 0 saturated carbocycles. The van der Waals surface area contributed by atoms with Gasteiger partial charge >= 0.3 is 0 Å². The molecule has 1 aromatic heterocycles. The fourth-order valence-corrected chi connectivity index (χ4v) is 2.51. The van der Waals surface area contributed by atoms with Crippen LogP contribution in [-0.4, -0.2) is 20.1 Å². The maximum Gasteiger partial charge on any atom is 0.211 e. The highest BCUT2D eigenvalue weighted by Crippen LogP contribution is 2.27. The van der Waals surface area contributed by atoms with Crippen LogP contribution in [0.5, 0.6) is 0 Å². The number of hydrogen-bond acceptors (Lipinski definition) is 5.